The number of hydrogen-bond donors (Lipinski definition) is 3. The molecule has 88 valence electrons. The van der Waals surface area contributed by atoms with Gasteiger partial charge in [-0.2, -0.15) is 8.78 Å². The molecule has 0 aromatic carbocycles. The van der Waals surface area contributed by atoms with Crippen molar-refractivity contribution in [3.63, 3.8) is 0 Å². The standard InChI is InChI=1S/C6H9F4N3O2/c7-3(8)6(9,10)4(14)12-1-2-13-5(11)15/h3H,1-2H2,(H,12,14)(H3,11,13,15). The van der Waals surface area contributed by atoms with Crippen LogP contribution < -0.4 is 16.4 Å². The van der Waals surface area contributed by atoms with E-state index in [4.69, 9.17) is 0 Å². The summed E-state index contributed by atoms with van der Waals surface area (Å²) in [6, 6.07) is -0.912. The zero-order chi connectivity index (χ0) is 12.1. The van der Waals surface area contributed by atoms with Gasteiger partial charge in [-0.25, -0.2) is 13.6 Å². The molecule has 5 nitrogen and oxygen atoms in total. The molecule has 0 spiro atoms. The van der Waals surface area contributed by atoms with E-state index in [0.29, 0.717) is 0 Å². The number of nitrogens with two attached hydrogens (primary N) is 1. The number of carbonyl (C=O) groups is 2. The average molecular weight is 231 g/mol. The molecule has 0 aliphatic heterocycles. The van der Waals surface area contributed by atoms with Crippen LogP contribution in [0.5, 0.6) is 0 Å². The highest BCUT2D eigenvalue weighted by atomic mass is 19.3. The Bertz CT molecular complexity index is 247. The second kappa shape index (κ2) is 5.37. The van der Waals surface area contributed by atoms with E-state index in [1.807, 2.05) is 5.32 Å². The normalized spacial score (nSPS) is 11.3. The number of halogens is 4. The van der Waals surface area contributed by atoms with Crippen molar-refractivity contribution in [3.8, 4) is 0 Å². The van der Waals surface area contributed by atoms with Gasteiger partial charge in [-0.1, -0.05) is 0 Å². The number of amides is 3. The van der Waals surface area contributed by atoms with Crippen LogP contribution in [0.3, 0.4) is 0 Å². The van der Waals surface area contributed by atoms with E-state index >= 15 is 0 Å². The Morgan fingerprint density at radius 2 is 1.67 bits per heavy atom. The minimum Gasteiger partial charge on any atom is -0.352 e. The molecule has 0 fully saturated rings. The third kappa shape index (κ3) is 4.47. The van der Waals surface area contributed by atoms with Gasteiger partial charge in [0.2, 0.25) is 0 Å². The molecule has 9 heteroatoms. The SMILES string of the molecule is NC(=O)NCCNC(=O)C(F)(F)C(F)F. The van der Waals surface area contributed by atoms with Gasteiger partial charge in [-0.15, -0.1) is 0 Å². The van der Waals surface area contributed by atoms with Gasteiger partial charge in [0.15, 0.2) is 0 Å². The average Bonchev–Trinajstić information content (AvgIpc) is 2.11. The topological polar surface area (TPSA) is 84.2 Å². The molecule has 0 atom stereocenters. The molecule has 0 unspecified atom stereocenters. The number of carbonyl (C=O) groups excluding carboxylic acids is 2. The maximum absolute atomic E-state index is 12.3. The number of urea groups is 1. The molecule has 0 radical (unpaired) electrons. The van der Waals surface area contributed by atoms with Crippen LogP contribution in [-0.4, -0.2) is 37.4 Å². The molecule has 3 amide bonds. The first-order valence-corrected chi connectivity index (χ1v) is 3.76. The number of hydrogen-bond acceptors (Lipinski definition) is 2. The van der Waals surface area contributed by atoms with Gasteiger partial charge in [-0.05, 0) is 0 Å². The Balaban J connectivity index is 3.89. The van der Waals surface area contributed by atoms with Crippen molar-refractivity contribution in [2.24, 2.45) is 5.73 Å². The molecular weight excluding hydrogens is 222 g/mol. The summed E-state index contributed by atoms with van der Waals surface area (Å²) >= 11 is 0. The maximum atomic E-state index is 12.3. The zero-order valence-electron chi connectivity index (χ0n) is 7.40. The van der Waals surface area contributed by atoms with Crippen molar-refractivity contribution in [3.05, 3.63) is 0 Å². The molecule has 4 N–H and O–H groups in total. The van der Waals surface area contributed by atoms with Gasteiger partial charge < -0.3 is 16.4 Å². The summed E-state index contributed by atoms with van der Waals surface area (Å²) < 4.78 is 47.7. The molecule has 0 saturated carbocycles. The van der Waals surface area contributed by atoms with Crippen LogP contribution in [0.15, 0.2) is 0 Å². The van der Waals surface area contributed by atoms with Crippen LogP contribution in [-0.2, 0) is 4.79 Å². The molecule has 0 bridgehead atoms. The van der Waals surface area contributed by atoms with Crippen LogP contribution in [0.4, 0.5) is 22.4 Å². The fraction of sp³-hybridized carbons (Fsp3) is 0.667. The zero-order valence-corrected chi connectivity index (χ0v) is 7.40. The van der Waals surface area contributed by atoms with Crippen LogP contribution in [0.2, 0.25) is 0 Å². The summed E-state index contributed by atoms with van der Waals surface area (Å²) in [5.41, 5.74) is 4.61. The molecule has 0 aromatic heterocycles. The maximum Gasteiger partial charge on any atom is 0.383 e. The smallest absolute Gasteiger partial charge is 0.352 e. The van der Waals surface area contributed by atoms with Gasteiger partial charge in [0.05, 0.1) is 0 Å². The summed E-state index contributed by atoms with van der Waals surface area (Å²) in [5.74, 6) is -6.82. The van der Waals surface area contributed by atoms with Crippen LogP contribution in [0.25, 0.3) is 0 Å². The van der Waals surface area contributed by atoms with Crippen LogP contribution in [0.1, 0.15) is 0 Å². The summed E-state index contributed by atoms with van der Waals surface area (Å²) in [5, 5.41) is 3.49. The fourth-order valence-corrected chi connectivity index (χ4v) is 0.579. The minimum absolute atomic E-state index is 0.222. The first-order chi connectivity index (χ1) is 6.78. The van der Waals surface area contributed by atoms with E-state index < -0.39 is 30.8 Å². The largest absolute Gasteiger partial charge is 0.383 e. The predicted octanol–water partition coefficient (Wildman–Crippen LogP) is -0.329. The highest BCUT2D eigenvalue weighted by Gasteiger charge is 2.48. The van der Waals surface area contributed by atoms with Gasteiger partial charge in [-0.3, -0.25) is 4.79 Å². The molecule has 0 rings (SSSR count). The number of alkyl halides is 4. The van der Waals surface area contributed by atoms with Crippen molar-refractivity contribution >= 4 is 11.9 Å². The van der Waals surface area contributed by atoms with Crippen LogP contribution in [0, 0.1) is 0 Å². The third-order valence-corrected chi connectivity index (χ3v) is 1.29. The second-order valence-corrected chi connectivity index (χ2v) is 2.47. The quantitative estimate of drug-likeness (QED) is 0.447. The monoisotopic (exact) mass is 231 g/mol. The lowest BCUT2D eigenvalue weighted by Crippen LogP contribution is -2.47. The predicted molar refractivity (Wildman–Crippen MR) is 41.5 cm³/mol. The van der Waals surface area contributed by atoms with E-state index in [1.165, 1.54) is 5.32 Å². The van der Waals surface area contributed by atoms with Crippen molar-refractivity contribution in [2.45, 2.75) is 12.3 Å². The third-order valence-electron chi connectivity index (χ3n) is 1.29. The molecular formula is C6H9F4N3O2. The Morgan fingerprint density at radius 3 is 2.07 bits per heavy atom. The lowest BCUT2D eigenvalue weighted by atomic mass is 10.3. The molecule has 0 aliphatic carbocycles. The molecule has 15 heavy (non-hydrogen) atoms. The first-order valence-electron chi connectivity index (χ1n) is 3.76. The molecule has 0 heterocycles. The number of primary amides is 1. The molecule has 0 aliphatic rings. The lowest BCUT2D eigenvalue weighted by molar-refractivity contribution is -0.169. The van der Waals surface area contributed by atoms with Gasteiger partial charge in [0.25, 0.3) is 5.91 Å². The Labute approximate surface area is 82.0 Å². The summed E-state index contributed by atoms with van der Waals surface area (Å²) in [6.07, 6.45) is -4.07. The Kier molecular flexibility index (Phi) is 4.82. The van der Waals surface area contributed by atoms with E-state index in [-0.39, 0.29) is 6.54 Å². The van der Waals surface area contributed by atoms with Gasteiger partial charge in [0, 0.05) is 13.1 Å². The highest BCUT2D eigenvalue weighted by molar-refractivity contribution is 5.83. The number of nitrogens with one attached hydrogen (secondary N) is 2. The lowest BCUT2D eigenvalue weighted by Gasteiger charge is -2.14. The van der Waals surface area contributed by atoms with E-state index in [1.54, 1.807) is 0 Å². The van der Waals surface area contributed by atoms with Crippen molar-refractivity contribution in [2.75, 3.05) is 13.1 Å². The molecule has 0 aromatic rings. The van der Waals surface area contributed by atoms with Gasteiger partial charge in [0.1, 0.15) is 0 Å². The fourth-order valence-electron chi connectivity index (χ4n) is 0.579. The summed E-state index contributed by atoms with van der Waals surface area (Å²) in [6.45, 7) is -0.634. The Hall–Kier alpha value is -1.54. The van der Waals surface area contributed by atoms with Crippen molar-refractivity contribution in [1.82, 2.24) is 10.6 Å². The molecule has 0 saturated heterocycles. The van der Waals surface area contributed by atoms with Gasteiger partial charge >= 0.3 is 18.4 Å². The first kappa shape index (κ1) is 13.5. The van der Waals surface area contributed by atoms with E-state index in [0.717, 1.165) is 0 Å². The van der Waals surface area contributed by atoms with E-state index in [2.05, 4.69) is 5.73 Å². The summed E-state index contributed by atoms with van der Waals surface area (Å²) in [4.78, 5) is 20.5. The minimum atomic E-state index is -4.73. The van der Waals surface area contributed by atoms with Crippen molar-refractivity contribution in [1.29, 1.82) is 0 Å². The van der Waals surface area contributed by atoms with Crippen molar-refractivity contribution < 1.29 is 27.2 Å². The Morgan fingerprint density at radius 1 is 1.20 bits per heavy atom. The second-order valence-electron chi connectivity index (χ2n) is 2.47. The van der Waals surface area contributed by atoms with Crippen LogP contribution >= 0.6 is 0 Å². The van der Waals surface area contributed by atoms with E-state index in [9.17, 15) is 27.2 Å². The highest BCUT2D eigenvalue weighted by Crippen LogP contribution is 2.22. The summed E-state index contributed by atoms with van der Waals surface area (Å²) in [7, 11) is 0. The number of rotatable bonds is 5.